The normalized spacial score (nSPS) is 18.3. The number of hydrogen-bond acceptors (Lipinski definition) is 5. The van der Waals surface area contributed by atoms with E-state index < -0.39 is 5.63 Å². The Kier molecular flexibility index (Phi) is 4.21. The lowest BCUT2D eigenvalue weighted by Crippen LogP contribution is -2.45. The lowest BCUT2D eigenvalue weighted by molar-refractivity contribution is -0.120. The minimum atomic E-state index is -0.472. The Hall–Kier alpha value is -2.34. The van der Waals surface area contributed by atoms with Crippen molar-refractivity contribution in [1.29, 1.82) is 0 Å². The Labute approximate surface area is 145 Å². The highest BCUT2D eigenvalue weighted by atomic mass is 16.4. The molecule has 132 valence electrons. The highest BCUT2D eigenvalue weighted by Gasteiger charge is 2.29. The molecule has 2 aromatic rings. The molecule has 25 heavy (non-hydrogen) atoms. The number of phenolic OH excluding ortho intramolecular Hbond substituents is 1. The van der Waals surface area contributed by atoms with Crippen LogP contribution in [0, 0.1) is 0 Å². The molecular formula is C19H22N2O4. The molecule has 0 atom stereocenters. The number of piperidine rings is 1. The van der Waals surface area contributed by atoms with Gasteiger partial charge in [-0.3, -0.25) is 9.69 Å². The second-order valence-electron chi connectivity index (χ2n) is 6.88. The minimum absolute atomic E-state index is 0.0466. The van der Waals surface area contributed by atoms with Crippen molar-refractivity contribution in [2.75, 3.05) is 31.1 Å². The third-order valence-electron chi connectivity index (χ3n) is 5.16. The van der Waals surface area contributed by atoms with Gasteiger partial charge in [0.05, 0.1) is 6.54 Å². The Balaban J connectivity index is 1.71. The molecule has 0 bridgehead atoms. The van der Waals surface area contributed by atoms with Gasteiger partial charge in [-0.05, 0) is 62.5 Å². The van der Waals surface area contributed by atoms with Gasteiger partial charge in [-0.15, -0.1) is 0 Å². The average Bonchev–Trinajstić information content (AvgIpc) is 2.63. The van der Waals surface area contributed by atoms with E-state index in [1.165, 1.54) is 12.5 Å². The lowest BCUT2D eigenvalue weighted by Gasteiger charge is -2.32. The average molecular weight is 342 g/mol. The summed E-state index contributed by atoms with van der Waals surface area (Å²) in [4.78, 5) is 29.1. The van der Waals surface area contributed by atoms with E-state index in [1.54, 1.807) is 17.0 Å². The first-order chi connectivity index (χ1) is 12.1. The summed E-state index contributed by atoms with van der Waals surface area (Å²) >= 11 is 0. The number of hydrogen-bond donors (Lipinski definition) is 1. The predicted octanol–water partition coefficient (Wildman–Crippen LogP) is 2.26. The molecule has 2 aliphatic heterocycles. The van der Waals surface area contributed by atoms with E-state index in [9.17, 15) is 14.7 Å². The lowest BCUT2D eigenvalue weighted by atomic mass is 9.98. The zero-order chi connectivity index (χ0) is 17.4. The minimum Gasteiger partial charge on any atom is -0.508 e. The van der Waals surface area contributed by atoms with Gasteiger partial charge < -0.3 is 14.4 Å². The van der Waals surface area contributed by atoms with Crippen LogP contribution >= 0.6 is 0 Å². The monoisotopic (exact) mass is 342 g/mol. The van der Waals surface area contributed by atoms with Gasteiger partial charge in [0, 0.05) is 11.9 Å². The maximum atomic E-state index is 12.8. The van der Waals surface area contributed by atoms with Crippen molar-refractivity contribution in [1.82, 2.24) is 4.90 Å². The Bertz CT molecular complexity index is 868. The number of phenols is 1. The van der Waals surface area contributed by atoms with E-state index in [0.717, 1.165) is 37.9 Å². The Morgan fingerprint density at radius 3 is 2.72 bits per heavy atom. The molecule has 1 aromatic heterocycles. The molecule has 2 aliphatic rings. The summed E-state index contributed by atoms with van der Waals surface area (Å²) in [5, 5.41) is 10.5. The van der Waals surface area contributed by atoms with Gasteiger partial charge in [0.25, 0.3) is 0 Å². The highest BCUT2D eigenvalue weighted by molar-refractivity contribution is 5.98. The number of nitrogens with zero attached hydrogens (tertiary/aromatic N) is 2. The highest BCUT2D eigenvalue weighted by Crippen LogP contribution is 2.32. The largest absolute Gasteiger partial charge is 0.508 e. The van der Waals surface area contributed by atoms with Crippen LogP contribution in [0.15, 0.2) is 27.4 Å². The van der Waals surface area contributed by atoms with E-state index in [-0.39, 0.29) is 11.7 Å². The van der Waals surface area contributed by atoms with Crippen molar-refractivity contribution in [2.24, 2.45) is 0 Å². The van der Waals surface area contributed by atoms with Crippen LogP contribution in [0.3, 0.4) is 0 Å². The van der Waals surface area contributed by atoms with Gasteiger partial charge in [-0.2, -0.15) is 0 Å². The summed E-state index contributed by atoms with van der Waals surface area (Å²) in [7, 11) is 0. The molecule has 0 radical (unpaired) electrons. The number of carbonyl (C=O) groups is 1. The van der Waals surface area contributed by atoms with Gasteiger partial charge in [-0.25, -0.2) is 4.79 Å². The summed E-state index contributed by atoms with van der Waals surface area (Å²) in [6.07, 6.45) is 4.96. The first-order valence-electron chi connectivity index (χ1n) is 8.95. The SMILES string of the molecule is O=C(CN1CCCCC1)N1CCCc2c1c(=O)oc1ccc(O)cc21. The van der Waals surface area contributed by atoms with Crippen LogP contribution in [0.25, 0.3) is 11.0 Å². The number of fused-ring (bicyclic) bond motifs is 3. The molecule has 1 fully saturated rings. The molecule has 6 heteroatoms. The van der Waals surface area contributed by atoms with Gasteiger partial charge in [0.2, 0.25) is 5.91 Å². The summed E-state index contributed by atoms with van der Waals surface area (Å²) < 4.78 is 5.41. The molecule has 0 spiro atoms. The van der Waals surface area contributed by atoms with Crippen LogP contribution in [-0.2, 0) is 11.2 Å². The van der Waals surface area contributed by atoms with Crippen molar-refractivity contribution in [3.05, 3.63) is 34.2 Å². The van der Waals surface area contributed by atoms with Crippen LogP contribution in [0.5, 0.6) is 5.75 Å². The van der Waals surface area contributed by atoms with Gasteiger partial charge in [0.1, 0.15) is 17.0 Å². The second-order valence-corrected chi connectivity index (χ2v) is 6.88. The van der Waals surface area contributed by atoms with Crippen LogP contribution in [0.2, 0.25) is 0 Å². The number of aryl methyl sites for hydroxylation is 1. The quantitative estimate of drug-likeness (QED) is 0.848. The summed E-state index contributed by atoms with van der Waals surface area (Å²) in [6, 6.07) is 4.70. The zero-order valence-electron chi connectivity index (χ0n) is 14.2. The number of amides is 1. The molecule has 0 aliphatic carbocycles. The molecule has 3 heterocycles. The summed E-state index contributed by atoms with van der Waals surface area (Å²) in [5.74, 6) is 0.0787. The fourth-order valence-corrected chi connectivity index (χ4v) is 3.94. The van der Waals surface area contributed by atoms with Crippen molar-refractivity contribution in [2.45, 2.75) is 32.1 Å². The molecule has 6 nitrogen and oxygen atoms in total. The number of likely N-dealkylation sites (tertiary alicyclic amines) is 1. The van der Waals surface area contributed by atoms with E-state index in [1.807, 2.05) is 0 Å². The second kappa shape index (κ2) is 6.52. The molecule has 4 rings (SSSR count). The number of carbonyl (C=O) groups excluding carboxylic acids is 1. The molecule has 1 saturated heterocycles. The van der Waals surface area contributed by atoms with Gasteiger partial charge >= 0.3 is 5.63 Å². The topological polar surface area (TPSA) is 74.0 Å². The summed E-state index contributed by atoms with van der Waals surface area (Å²) in [5.41, 5.74) is 1.14. The van der Waals surface area contributed by atoms with Gasteiger partial charge in [0.15, 0.2) is 0 Å². The summed E-state index contributed by atoms with van der Waals surface area (Å²) in [6.45, 7) is 2.75. The molecule has 1 aromatic carbocycles. The predicted molar refractivity (Wildman–Crippen MR) is 95.1 cm³/mol. The third-order valence-corrected chi connectivity index (χ3v) is 5.16. The zero-order valence-corrected chi connectivity index (χ0v) is 14.2. The number of anilines is 1. The maximum Gasteiger partial charge on any atom is 0.360 e. The number of aromatic hydroxyl groups is 1. The van der Waals surface area contributed by atoms with Crippen LogP contribution in [-0.4, -0.2) is 42.1 Å². The number of rotatable bonds is 2. The van der Waals surface area contributed by atoms with E-state index in [2.05, 4.69) is 4.90 Å². The Morgan fingerprint density at radius 2 is 1.92 bits per heavy atom. The van der Waals surface area contributed by atoms with Crippen molar-refractivity contribution >= 4 is 22.6 Å². The number of benzene rings is 1. The molecular weight excluding hydrogens is 320 g/mol. The molecule has 1 N–H and O–H groups in total. The molecule has 1 amide bonds. The molecule has 0 unspecified atom stereocenters. The third kappa shape index (κ3) is 3.02. The molecule has 0 saturated carbocycles. The standard InChI is InChI=1S/C19H22N2O4/c22-13-6-7-16-15(11-13)14-5-4-10-21(18(14)19(24)25-16)17(23)12-20-8-2-1-3-9-20/h6-7,11,22H,1-5,8-10,12H2. The first-order valence-corrected chi connectivity index (χ1v) is 8.95. The first kappa shape index (κ1) is 16.1. The fraction of sp³-hybridized carbons (Fsp3) is 0.474. The van der Waals surface area contributed by atoms with Crippen LogP contribution in [0.1, 0.15) is 31.2 Å². The van der Waals surface area contributed by atoms with Gasteiger partial charge in [-0.1, -0.05) is 6.42 Å². The van der Waals surface area contributed by atoms with Crippen molar-refractivity contribution in [3.63, 3.8) is 0 Å². The Morgan fingerprint density at radius 1 is 1.12 bits per heavy atom. The van der Waals surface area contributed by atoms with E-state index in [0.29, 0.717) is 36.2 Å². The van der Waals surface area contributed by atoms with E-state index >= 15 is 0 Å². The van der Waals surface area contributed by atoms with E-state index in [4.69, 9.17) is 4.42 Å². The van der Waals surface area contributed by atoms with Crippen molar-refractivity contribution < 1.29 is 14.3 Å². The van der Waals surface area contributed by atoms with Crippen LogP contribution < -0.4 is 10.5 Å². The maximum absolute atomic E-state index is 12.8. The van der Waals surface area contributed by atoms with Crippen LogP contribution in [0.4, 0.5) is 5.69 Å². The fourth-order valence-electron chi connectivity index (χ4n) is 3.94. The smallest absolute Gasteiger partial charge is 0.360 e. The van der Waals surface area contributed by atoms with Crippen molar-refractivity contribution in [3.8, 4) is 5.75 Å².